The van der Waals surface area contributed by atoms with Gasteiger partial charge in [0, 0.05) is 44.7 Å². The Bertz CT molecular complexity index is 685. The lowest BCUT2D eigenvalue weighted by Crippen LogP contribution is -2.45. The van der Waals surface area contributed by atoms with Crippen molar-refractivity contribution in [2.24, 2.45) is 0 Å². The standard InChI is InChI=1S/C19H27N5/c1-22-12-14-24(15-13-22)19-20-17-9-5-4-8-16(17)18(21-19)23-10-6-2-3-7-11-23/h4-5,8-9H,2-3,6-7,10-15H2,1H3. The average Bonchev–Trinajstić information content (AvgIpc) is 2.91. The number of benzene rings is 1. The fourth-order valence-corrected chi connectivity index (χ4v) is 3.72. The Labute approximate surface area is 144 Å². The monoisotopic (exact) mass is 325 g/mol. The minimum Gasteiger partial charge on any atom is -0.356 e. The first-order valence-electron chi connectivity index (χ1n) is 9.26. The molecule has 2 fully saturated rings. The van der Waals surface area contributed by atoms with E-state index in [2.05, 4.69) is 46.0 Å². The van der Waals surface area contributed by atoms with Crippen molar-refractivity contribution >= 4 is 22.7 Å². The number of para-hydroxylation sites is 1. The van der Waals surface area contributed by atoms with E-state index >= 15 is 0 Å². The number of likely N-dealkylation sites (N-methyl/N-ethyl adjacent to an activating group) is 1. The van der Waals surface area contributed by atoms with Gasteiger partial charge in [-0.15, -0.1) is 0 Å². The van der Waals surface area contributed by atoms with Crippen LogP contribution >= 0.6 is 0 Å². The summed E-state index contributed by atoms with van der Waals surface area (Å²) in [6.45, 7) is 6.40. The van der Waals surface area contributed by atoms with E-state index in [1.807, 2.05) is 0 Å². The molecule has 1 aromatic carbocycles. The zero-order valence-corrected chi connectivity index (χ0v) is 14.6. The molecule has 3 heterocycles. The van der Waals surface area contributed by atoms with Gasteiger partial charge in [-0.25, -0.2) is 4.98 Å². The van der Waals surface area contributed by atoms with Crippen LogP contribution in [0.2, 0.25) is 0 Å². The highest BCUT2D eigenvalue weighted by Crippen LogP contribution is 2.28. The van der Waals surface area contributed by atoms with Crippen molar-refractivity contribution in [3.63, 3.8) is 0 Å². The van der Waals surface area contributed by atoms with E-state index in [0.29, 0.717) is 0 Å². The molecule has 0 spiro atoms. The van der Waals surface area contributed by atoms with Gasteiger partial charge >= 0.3 is 0 Å². The number of anilines is 2. The predicted octanol–water partition coefficient (Wildman–Crippen LogP) is 2.76. The zero-order chi connectivity index (χ0) is 16.4. The van der Waals surface area contributed by atoms with E-state index in [0.717, 1.165) is 56.6 Å². The first kappa shape index (κ1) is 15.6. The number of fused-ring (bicyclic) bond motifs is 1. The first-order chi connectivity index (χ1) is 11.8. The Balaban J connectivity index is 1.73. The molecule has 24 heavy (non-hydrogen) atoms. The Morgan fingerprint density at radius 1 is 0.750 bits per heavy atom. The molecule has 2 saturated heterocycles. The average molecular weight is 325 g/mol. The van der Waals surface area contributed by atoms with Crippen LogP contribution in [0.4, 0.5) is 11.8 Å². The van der Waals surface area contributed by atoms with Gasteiger partial charge in [0.15, 0.2) is 0 Å². The molecule has 0 aliphatic carbocycles. The number of piperazine rings is 1. The zero-order valence-electron chi connectivity index (χ0n) is 14.6. The normalized spacial score (nSPS) is 20.4. The van der Waals surface area contributed by atoms with E-state index in [9.17, 15) is 0 Å². The molecule has 5 heteroatoms. The van der Waals surface area contributed by atoms with Crippen LogP contribution in [0.15, 0.2) is 24.3 Å². The molecule has 0 bridgehead atoms. The number of aromatic nitrogens is 2. The van der Waals surface area contributed by atoms with E-state index in [-0.39, 0.29) is 0 Å². The summed E-state index contributed by atoms with van der Waals surface area (Å²) in [6.07, 6.45) is 5.21. The molecule has 4 rings (SSSR count). The number of nitrogens with zero attached hydrogens (tertiary/aromatic N) is 5. The Morgan fingerprint density at radius 3 is 2.21 bits per heavy atom. The third-order valence-corrected chi connectivity index (χ3v) is 5.26. The molecule has 1 aromatic heterocycles. The van der Waals surface area contributed by atoms with Gasteiger partial charge in [0.1, 0.15) is 5.82 Å². The van der Waals surface area contributed by atoms with Gasteiger partial charge < -0.3 is 14.7 Å². The molecule has 0 N–H and O–H groups in total. The minimum absolute atomic E-state index is 0.904. The quantitative estimate of drug-likeness (QED) is 0.848. The second-order valence-corrected chi connectivity index (χ2v) is 7.06. The highest BCUT2D eigenvalue weighted by molar-refractivity contribution is 5.90. The van der Waals surface area contributed by atoms with Gasteiger partial charge in [-0.2, -0.15) is 4.98 Å². The summed E-state index contributed by atoms with van der Waals surface area (Å²) in [6, 6.07) is 8.47. The lowest BCUT2D eigenvalue weighted by molar-refractivity contribution is 0.311. The van der Waals surface area contributed by atoms with Crippen molar-refractivity contribution in [1.29, 1.82) is 0 Å². The maximum absolute atomic E-state index is 5.04. The summed E-state index contributed by atoms with van der Waals surface area (Å²) in [5.74, 6) is 2.04. The van der Waals surface area contributed by atoms with Gasteiger partial charge in [-0.3, -0.25) is 0 Å². The van der Waals surface area contributed by atoms with E-state index in [4.69, 9.17) is 9.97 Å². The van der Waals surface area contributed by atoms with E-state index in [1.54, 1.807) is 0 Å². The van der Waals surface area contributed by atoms with E-state index in [1.165, 1.54) is 31.1 Å². The summed E-state index contributed by atoms with van der Waals surface area (Å²) in [5, 5.41) is 1.19. The first-order valence-corrected chi connectivity index (χ1v) is 9.26. The molecular weight excluding hydrogens is 298 g/mol. The summed E-state index contributed by atoms with van der Waals surface area (Å²) in [4.78, 5) is 17.1. The smallest absolute Gasteiger partial charge is 0.227 e. The fraction of sp³-hybridized carbons (Fsp3) is 0.579. The third kappa shape index (κ3) is 3.18. The van der Waals surface area contributed by atoms with Crippen LogP contribution in [0.3, 0.4) is 0 Å². The molecule has 0 saturated carbocycles. The number of hydrogen-bond acceptors (Lipinski definition) is 5. The maximum Gasteiger partial charge on any atom is 0.227 e. The van der Waals surface area contributed by atoms with Crippen LogP contribution in [0.1, 0.15) is 25.7 Å². The molecule has 2 aliphatic rings. The van der Waals surface area contributed by atoms with Crippen LogP contribution in [0, 0.1) is 0 Å². The van der Waals surface area contributed by atoms with Crippen LogP contribution in [-0.2, 0) is 0 Å². The fourth-order valence-electron chi connectivity index (χ4n) is 3.72. The van der Waals surface area contributed by atoms with Crippen molar-refractivity contribution in [1.82, 2.24) is 14.9 Å². The third-order valence-electron chi connectivity index (χ3n) is 5.26. The topological polar surface area (TPSA) is 35.5 Å². The molecule has 0 atom stereocenters. The van der Waals surface area contributed by atoms with Crippen molar-refractivity contribution in [3.05, 3.63) is 24.3 Å². The molecule has 2 aromatic rings. The number of hydrogen-bond donors (Lipinski definition) is 0. The van der Waals surface area contributed by atoms with Crippen LogP contribution < -0.4 is 9.80 Å². The molecule has 0 amide bonds. The molecular formula is C19H27N5. The molecule has 128 valence electrons. The maximum atomic E-state index is 5.04. The summed E-state index contributed by atoms with van der Waals surface area (Å²) in [7, 11) is 2.18. The van der Waals surface area contributed by atoms with Gasteiger partial charge in [-0.05, 0) is 32.0 Å². The van der Waals surface area contributed by atoms with Gasteiger partial charge in [-0.1, -0.05) is 25.0 Å². The lowest BCUT2D eigenvalue weighted by atomic mass is 10.2. The highest BCUT2D eigenvalue weighted by atomic mass is 15.3. The summed E-state index contributed by atoms with van der Waals surface area (Å²) < 4.78 is 0. The van der Waals surface area contributed by atoms with Crippen LogP contribution in [0.25, 0.3) is 10.9 Å². The van der Waals surface area contributed by atoms with Gasteiger partial charge in [0.25, 0.3) is 0 Å². The molecule has 0 radical (unpaired) electrons. The van der Waals surface area contributed by atoms with Gasteiger partial charge in [0.05, 0.1) is 5.52 Å². The Morgan fingerprint density at radius 2 is 1.46 bits per heavy atom. The largest absolute Gasteiger partial charge is 0.356 e. The Hall–Kier alpha value is -1.88. The predicted molar refractivity (Wildman–Crippen MR) is 99.9 cm³/mol. The second kappa shape index (κ2) is 6.93. The van der Waals surface area contributed by atoms with E-state index < -0.39 is 0 Å². The summed E-state index contributed by atoms with van der Waals surface area (Å²) >= 11 is 0. The van der Waals surface area contributed by atoms with Crippen molar-refractivity contribution < 1.29 is 0 Å². The van der Waals surface area contributed by atoms with Crippen molar-refractivity contribution in [2.45, 2.75) is 25.7 Å². The second-order valence-electron chi connectivity index (χ2n) is 7.06. The molecule has 5 nitrogen and oxygen atoms in total. The minimum atomic E-state index is 0.904. The van der Waals surface area contributed by atoms with Gasteiger partial charge in [0.2, 0.25) is 5.95 Å². The Kier molecular flexibility index (Phi) is 4.52. The molecule has 0 unspecified atom stereocenters. The summed E-state index contributed by atoms with van der Waals surface area (Å²) in [5.41, 5.74) is 1.07. The lowest BCUT2D eigenvalue weighted by Gasteiger charge is -2.33. The van der Waals surface area contributed by atoms with Crippen LogP contribution in [-0.4, -0.2) is 61.2 Å². The van der Waals surface area contributed by atoms with Crippen molar-refractivity contribution in [3.8, 4) is 0 Å². The SMILES string of the molecule is CN1CCN(c2nc(N3CCCCCC3)c3ccccc3n2)CC1. The number of rotatable bonds is 2. The highest BCUT2D eigenvalue weighted by Gasteiger charge is 2.21. The van der Waals surface area contributed by atoms with Crippen molar-refractivity contribution in [2.75, 3.05) is 56.1 Å². The van der Waals surface area contributed by atoms with Crippen LogP contribution in [0.5, 0.6) is 0 Å². The molecule has 2 aliphatic heterocycles.